The Morgan fingerprint density at radius 1 is 1.24 bits per heavy atom. The number of hydrogen-bond donors (Lipinski definition) is 2. The predicted molar refractivity (Wildman–Crippen MR) is 79.8 cm³/mol. The zero-order valence-corrected chi connectivity index (χ0v) is 11.3. The number of non-ortho nitro benzene ring substituents is 1. The minimum atomic E-state index is -0.451. The molecule has 2 rings (SSSR count). The van der Waals surface area contributed by atoms with Gasteiger partial charge in [-0.1, -0.05) is 30.3 Å². The van der Waals surface area contributed by atoms with Crippen LogP contribution in [-0.2, 0) is 6.42 Å². The molecule has 6 heteroatoms. The second-order valence-electron chi connectivity index (χ2n) is 4.46. The summed E-state index contributed by atoms with van der Waals surface area (Å²) < 4.78 is 5.51. The molecule has 0 unspecified atom stereocenters. The lowest BCUT2D eigenvalue weighted by molar-refractivity contribution is -0.384. The van der Waals surface area contributed by atoms with Gasteiger partial charge < -0.3 is 10.5 Å². The molecule has 0 bridgehead atoms. The quantitative estimate of drug-likeness (QED) is 0.368. The van der Waals surface area contributed by atoms with Gasteiger partial charge in [0.2, 0.25) is 0 Å². The van der Waals surface area contributed by atoms with Gasteiger partial charge in [0.1, 0.15) is 11.6 Å². The minimum absolute atomic E-state index is 0.0123. The molecule has 0 radical (unpaired) electrons. The second-order valence-corrected chi connectivity index (χ2v) is 4.46. The van der Waals surface area contributed by atoms with Crippen molar-refractivity contribution >= 4 is 11.5 Å². The predicted octanol–water partition coefficient (Wildman–Crippen LogP) is 2.50. The van der Waals surface area contributed by atoms with E-state index in [2.05, 4.69) is 0 Å². The van der Waals surface area contributed by atoms with Gasteiger partial charge in [0.15, 0.2) is 0 Å². The van der Waals surface area contributed by atoms with E-state index in [-0.39, 0.29) is 11.5 Å². The lowest BCUT2D eigenvalue weighted by Gasteiger charge is -2.06. The van der Waals surface area contributed by atoms with Crippen molar-refractivity contribution in [2.75, 3.05) is 6.61 Å². The summed E-state index contributed by atoms with van der Waals surface area (Å²) in [5.41, 5.74) is 7.12. The topological polar surface area (TPSA) is 102 Å². The molecule has 0 aliphatic heterocycles. The molecule has 0 saturated heterocycles. The van der Waals surface area contributed by atoms with Crippen molar-refractivity contribution in [3.8, 4) is 5.75 Å². The number of ether oxygens (including phenoxy) is 1. The molecule has 0 aromatic heterocycles. The number of hydrogen-bond acceptors (Lipinski definition) is 4. The van der Waals surface area contributed by atoms with E-state index < -0.39 is 4.92 Å². The molecular formula is C15H15N3O3. The van der Waals surface area contributed by atoms with Crippen molar-refractivity contribution in [1.29, 1.82) is 5.41 Å². The van der Waals surface area contributed by atoms with Crippen LogP contribution in [0.25, 0.3) is 0 Å². The summed E-state index contributed by atoms with van der Waals surface area (Å²) in [6.07, 6.45) is 0.668. The summed E-state index contributed by atoms with van der Waals surface area (Å²) in [6, 6.07) is 13.4. The van der Waals surface area contributed by atoms with Crippen LogP contribution >= 0.6 is 0 Å². The van der Waals surface area contributed by atoms with Gasteiger partial charge in [-0.3, -0.25) is 15.5 Å². The highest BCUT2D eigenvalue weighted by molar-refractivity contribution is 5.94. The molecule has 6 nitrogen and oxygen atoms in total. The Hall–Kier alpha value is -2.89. The van der Waals surface area contributed by atoms with Gasteiger partial charge in [-0.15, -0.1) is 0 Å². The SMILES string of the molecule is N=C(N)c1ccc(CCOc2cccc([N+](=O)[O-])c2)cc1. The largest absolute Gasteiger partial charge is 0.493 e. The van der Waals surface area contributed by atoms with E-state index in [1.807, 2.05) is 12.1 Å². The van der Waals surface area contributed by atoms with E-state index in [9.17, 15) is 10.1 Å². The first-order valence-electron chi connectivity index (χ1n) is 6.37. The van der Waals surface area contributed by atoms with Gasteiger partial charge in [0.25, 0.3) is 5.69 Å². The molecule has 0 saturated carbocycles. The van der Waals surface area contributed by atoms with Gasteiger partial charge in [-0.05, 0) is 11.6 Å². The Morgan fingerprint density at radius 3 is 2.57 bits per heavy atom. The number of nitrogen functional groups attached to an aromatic ring is 1. The molecule has 3 N–H and O–H groups in total. The molecule has 21 heavy (non-hydrogen) atoms. The zero-order chi connectivity index (χ0) is 15.2. The van der Waals surface area contributed by atoms with Crippen molar-refractivity contribution < 1.29 is 9.66 Å². The summed E-state index contributed by atoms with van der Waals surface area (Å²) in [6.45, 7) is 0.417. The Balaban J connectivity index is 1.90. The van der Waals surface area contributed by atoms with E-state index in [4.69, 9.17) is 15.9 Å². The molecule has 0 heterocycles. The molecule has 2 aromatic rings. The van der Waals surface area contributed by atoms with Crippen LogP contribution in [0.15, 0.2) is 48.5 Å². The van der Waals surface area contributed by atoms with E-state index in [0.29, 0.717) is 24.3 Å². The number of nitro benzene ring substituents is 1. The lowest BCUT2D eigenvalue weighted by Crippen LogP contribution is -2.10. The maximum absolute atomic E-state index is 10.7. The molecule has 0 fully saturated rings. The normalized spacial score (nSPS) is 10.1. The van der Waals surface area contributed by atoms with Crippen molar-refractivity contribution in [2.24, 2.45) is 5.73 Å². The molecule has 108 valence electrons. The van der Waals surface area contributed by atoms with E-state index >= 15 is 0 Å². The monoisotopic (exact) mass is 285 g/mol. The number of nitro groups is 1. The molecule has 0 aliphatic carbocycles. The van der Waals surface area contributed by atoms with Crippen LogP contribution in [0.5, 0.6) is 5.75 Å². The fraction of sp³-hybridized carbons (Fsp3) is 0.133. The average molecular weight is 285 g/mol. The summed E-state index contributed by atoms with van der Waals surface area (Å²) in [4.78, 5) is 10.2. The first-order valence-corrected chi connectivity index (χ1v) is 6.37. The summed E-state index contributed by atoms with van der Waals surface area (Å²) >= 11 is 0. The molecule has 0 spiro atoms. The van der Waals surface area contributed by atoms with Crippen molar-refractivity contribution in [2.45, 2.75) is 6.42 Å². The van der Waals surface area contributed by atoms with E-state index in [1.54, 1.807) is 24.3 Å². The summed E-state index contributed by atoms with van der Waals surface area (Å²) in [5, 5.41) is 18.0. The van der Waals surface area contributed by atoms with Gasteiger partial charge in [-0.25, -0.2) is 0 Å². The Kier molecular flexibility index (Phi) is 4.50. The van der Waals surface area contributed by atoms with Crippen molar-refractivity contribution in [3.63, 3.8) is 0 Å². The van der Waals surface area contributed by atoms with Gasteiger partial charge in [0.05, 0.1) is 17.6 Å². The third-order valence-electron chi connectivity index (χ3n) is 2.95. The molecule has 2 aromatic carbocycles. The van der Waals surface area contributed by atoms with Crippen LogP contribution in [0.1, 0.15) is 11.1 Å². The fourth-order valence-corrected chi connectivity index (χ4v) is 1.82. The first kappa shape index (κ1) is 14.5. The minimum Gasteiger partial charge on any atom is -0.493 e. The number of nitrogens with zero attached hydrogens (tertiary/aromatic N) is 1. The maximum Gasteiger partial charge on any atom is 0.273 e. The Bertz CT molecular complexity index is 653. The molecule has 0 aliphatic rings. The zero-order valence-electron chi connectivity index (χ0n) is 11.3. The summed E-state index contributed by atoms with van der Waals surface area (Å²) in [5.74, 6) is 0.513. The highest BCUT2D eigenvalue weighted by Gasteiger charge is 2.06. The number of benzene rings is 2. The Labute approximate surface area is 121 Å². The van der Waals surface area contributed by atoms with Crippen LogP contribution < -0.4 is 10.5 Å². The highest BCUT2D eigenvalue weighted by atomic mass is 16.6. The summed E-state index contributed by atoms with van der Waals surface area (Å²) in [7, 11) is 0. The number of nitrogens with one attached hydrogen (secondary N) is 1. The van der Waals surface area contributed by atoms with Crippen molar-refractivity contribution in [1.82, 2.24) is 0 Å². The van der Waals surface area contributed by atoms with Crippen molar-refractivity contribution in [3.05, 3.63) is 69.8 Å². The second kappa shape index (κ2) is 6.51. The number of rotatable bonds is 6. The standard InChI is InChI=1S/C15H15N3O3/c16-15(17)12-6-4-11(5-7-12)8-9-21-14-3-1-2-13(10-14)18(19)20/h1-7,10H,8-9H2,(H3,16,17). The van der Waals surface area contributed by atoms with Gasteiger partial charge in [-0.2, -0.15) is 0 Å². The maximum atomic E-state index is 10.7. The van der Waals surface area contributed by atoms with Crippen LogP contribution in [-0.4, -0.2) is 17.4 Å². The van der Waals surface area contributed by atoms with Gasteiger partial charge >= 0.3 is 0 Å². The lowest BCUT2D eigenvalue weighted by atomic mass is 10.1. The smallest absolute Gasteiger partial charge is 0.273 e. The first-order chi connectivity index (χ1) is 10.1. The van der Waals surface area contributed by atoms with Crippen LogP contribution in [0.3, 0.4) is 0 Å². The molecular weight excluding hydrogens is 270 g/mol. The molecule has 0 atom stereocenters. The van der Waals surface area contributed by atoms with Crippen LogP contribution in [0.2, 0.25) is 0 Å². The molecule has 0 amide bonds. The fourth-order valence-electron chi connectivity index (χ4n) is 1.82. The third kappa shape index (κ3) is 4.04. The Morgan fingerprint density at radius 2 is 1.95 bits per heavy atom. The average Bonchev–Trinajstić information content (AvgIpc) is 2.48. The number of nitrogens with two attached hydrogens (primary N) is 1. The van der Waals surface area contributed by atoms with Crippen LogP contribution in [0, 0.1) is 15.5 Å². The van der Waals surface area contributed by atoms with Gasteiger partial charge in [0, 0.05) is 18.1 Å². The number of amidine groups is 1. The van der Waals surface area contributed by atoms with E-state index in [1.165, 1.54) is 12.1 Å². The van der Waals surface area contributed by atoms with Crippen LogP contribution in [0.4, 0.5) is 5.69 Å². The highest BCUT2D eigenvalue weighted by Crippen LogP contribution is 2.19. The third-order valence-corrected chi connectivity index (χ3v) is 2.95. The van der Waals surface area contributed by atoms with E-state index in [0.717, 1.165) is 5.56 Å².